The number of pyridine rings is 1. The summed E-state index contributed by atoms with van der Waals surface area (Å²) in [5.74, 6) is -1.32. The third-order valence-corrected chi connectivity index (χ3v) is 4.63. The summed E-state index contributed by atoms with van der Waals surface area (Å²) in [5, 5.41) is 5.04. The average molecular weight is 439 g/mol. The maximum atomic E-state index is 13.9. The van der Waals surface area contributed by atoms with Gasteiger partial charge in [0.15, 0.2) is 23.3 Å². The first kappa shape index (κ1) is 21.0. The van der Waals surface area contributed by atoms with Crippen LogP contribution in [-0.2, 0) is 9.53 Å². The second-order valence-corrected chi connectivity index (χ2v) is 6.85. The lowest BCUT2D eigenvalue weighted by molar-refractivity contribution is -0.127. The minimum Gasteiger partial charge on any atom is -0.486 e. The van der Waals surface area contributed by atoms with Crippen molar-refractivity contribution in [2.24, 2.45) is 0 Å². The highest BCUT2D eigenvalue weighted by molar-refractivity contribution is 6.05. The summed E-state index contributed by atoms with van der Waals surface area (Å²) in [5.41, 5.74) is 0.244. The van der Waals surface area contributed by atoms with Crippen LogP contribution < -0.4 is 20.1 Å². The van der Waals surface area contributed by atoms with Gasteiger partial charge in [-0.1, -0.05) is 24.3 Å². The van der Waals surface area contributed by atoms with Gasteiger partial charge in [-0.2, -0.15) is 0 Å². The fraction of sp³-hybridized carbons (Fsp3) is 0.182. The average Bonchev–Trinajstić information content (AvgIpc) is 2.79. The number of urea groups is 1. The summed E-state index contributed by atoms with van der Waals surface area (Å²) >= 11 is 0. The maximum Gasteiger partial charge on any atom is 0.358 e. The van der Waals surface area contributed by atoms with E-state index in [-0.39, 0.29) is 16.5 Å². The van der Waals surface area contributed by atoms with Crippen molar-refractivity contribution in [1.29, 1.82) is 0 Å². The van der Waals surface area contributed by atoms with Crippen LogP contribution in [0.3, 0.4) is 0 Å². The Kier molecular flexibility index (Phi) is 5.84. The van der Waals surface area contributed by atoms with Crippen molar-refractivity contribution in [1.82, 2.24) is 10.3 Å². The van der Waals surface area contributed by atoms with Crippen molar-refractivity contribution < 1.29 is 33.0 Å². The lowest BCUT2D eigenvalue weighted by atomic mass is 10.1. The molecule has 2 N–H and O–H groups in total. The first-order valence-electron chi connectivity index (χ1n) is 9.68. The topological polar surface area (TPSA) is 116 Å². The zero-order valence-electron chi connectivity index (χ0n) is 16.9. The normalized spacial score (nSPS) is 13.2. The highest BCUT2D eigenvalue weighted by Crippen LogP contribution is 2.32. The monoisotopic (exact) mass is 439 g/mol. The Morgan fingerprint density at radius 2 is 1.78 bits per heavy atom. The van der Waals surface area contributed by atoms with E-state index < -0.39 is 29.8 Å². The van der Waals surface area contributed by atoms with Crippen molar-refractivity contribution in [3.8, 4) is 11.5 Å². The maximum absolute atomic E-state index is 13.9. The number of amides is 3. The van der Waals surface area contributed by atoms with E-state index in [2.05, 4.69) is 15.6 Å². The summed E-state index contributed by atoms with van der Waals surface area (Å²) in [7, 11) is 0. The Hall–Kier alpha value is -4.21. The quantitative estimate of drug-likeness (QED) is 0.600. The zero-order valence-corrected chi connectivity index (χ0v) is 16.9. The molecule has 0 radical (unpaired) electrons. The van der Waals surface area contributed by atoms with Gasteiger partial charge >= 0.3 is 12.0 Å². The Bertz CT molecular complexity index is 1220. The molecule has 10 heteroatoms. The number of rotatable bonds is 4. The number of aromatic nitrogens is 1. The van der Waals surface area contributed by atoms with Gasteiger partial charge in [-0.15, -0.1) is 0 Å². The van der Waals surface area contributed by atoms with Crippen LogP contribution in [0.4, 0.5) is 14.9 Å². The molecule has 0 bridgehead atoms. The Labute approximate surface area is 181 Å². The molecule has 3 aromatic rings. The van der Waals surface area contributed by atoms with Gasteiger partial charge in [-0.05, 0) is 19.1 Å². The molecule has 2 aromatic carbocycles. The summed E-state index contributed by atoms with van der Waals surface area (Å²) in [4.78, 5) is 40.7. The van der Waals surface area contributed by atoms with Gasteiger partial charge in [-0.25, -0.2) is 19.0 Å². The molecule has 1 atom stereocenters. The molecule has 1 aliphatic rings. The number of carbonyl (C=O) groups is 3. The molecule has 4 rings (SSSR count). The van der Waals surface area contributed by atoms with Crippen molar-refractivity contribution in [2.75, 3.05) is 18.5 Å². The van der Waals surface area contributed by atoms with Crippen molar-refractivity contribution in [2.45, 2.75) is 13.0 Å². The number of carbonyl (C=O) groups excluding carboxylic acids is 3. The number of hydrogen-bond donors (Lipinski definition) is 2. The molecule has 0 fully saturated rings. The predicted molar refractivity (Wildman–Crippen MR) is 111 cm³/mol. The van der Waals surface area contributed by atoms with Crippen molar-refractivity contribution in [3.63, 3.8) is 0 Å². The van der Waals surface area contributed by atoms with E-state index in [9.17, 15) is 18.8 Å². The van der Waals surface area contributed by atoms with Crippen LogP contribution in [0.25, 0.3) is 10.8 Å². The first-order chi connectivity index (χ1) is 15.4. The number of nitrogens with one attached hydrogen (secondary N) is 2. The van der Waals surface area contributed by atoms with Crippen LogP contribution in [0.2, 0.25) is 0 Å². The molecule has 0 saturated carbocycles. The molecular weight excluding hydrogens is 421 g/mol. The van der Waals surface area contributed by atoms with Gasteiger partial charge in [0.25, 0.3) is 5.91 Å². The summed E-state index contributed by atoms with van der Waals surface area (Å²) in [6, 6.07) is 10.2. The molecule has 9 nitrogen and oxygen atoms in total. The molecule has 1 aromatic heterocycles. The largest absolute Gasteiger partial charge is 0.486 e. The smallest absolute Gasteiger partial charge is 0.358 e. The van der Waals surface area contributed by atoms with Gasteiger partial charge in [0.05, 0.1) is 6.20 Å². The standard InChI is InChI=1S/C22H18FN3O6/c1-12(32-21(28)19-15-5-3-2-4-14(15)16(23)11-24-19)20(27)26-22(29)25-13-6-7-17-18(10-13)31-9-8-30-17/h2-7,10-12H,8-9H2,1H3,(H2,25,26,27,29). The number of imide groups is 1. The number of ether oxygens (including phenoxy) is 3. The molecule has 0 saturated heterocycles. The zero-order chi connectivity index (χ0) is 22.7. The first-order valence-corrected chi connectivity index (χ1v) is 9.68. The van der Waals surface area contributed by atoms with Gasteiger partial charge in [-0.3, -0.25) is 10.1 Å². The van der Waals surface area contributed by atoms with E-state index >= 15 is 0 Å². The van der Waals surface area contributed by atoms with E-state index in [0.717, 1.165) is 6.20 Å². The number of fused-ring (bicyclic) bond motifs is 2. The Morgan fingerprint density at radius 3 is 2.56 bits per heavy atom. The molecule has 0 spiro atoms. The van der Waals surface area contributed by atoms with Crippen molar-refractivity contribution >= 4 is 34.4 Å². The molecule has 1 unspecified atom stereocenters. The number of esters is 1. The van der Waals surface area contributed by atoms with Crippen LogP contribution in [0, 0.1) is 5.82 Å². The molecule has 1 aliphatic heterocycles. The third kappa shape index (κ3) is 4.43. The van der Waals surface area contributed by atoms with Gasteiger partial charge in [0.1, 0.15) is 19.0 Å². The molecule has 3 amide bonds. The van der Waals surface area contributed by atoms with E-state index in [0.29, 0.717) is 30.4 Å². The molecule has 0 aliphatic carbocycles. The Morgan fingerprint density at radius 1 is 1.06 bits per heavy atom. The van der Waals surface area contributed by atoms with Crippen LogP contribution in [-0.4, -0.2) is 42.2 Å². The van der Waals surface area contributed by atoms with Gasteiger partial charge < -0.3 is 19.5 Å². The van der Waals surface area contributed by atoms with E-state index in [4.69, 9.17) is 14.2 Å². The van der Waals surface area contributed by atoms with Crippen LogP contribution in [0.5, 0.6) is 11.5 Å². The minimum atomic E-state index is -1.31. The molecule has 2 heterocycles. The number of benzene rings is 2. The number of hydrogen-bond acceptors (Lipinski definition) is 7. The highest BCUT2D eigenvalue weighted by Gasteiger charge is 2.23. The van der Waals surface area contributed by atoms with Gasteiger partial charge in [0, 0.05) is 22.5 Å². The van der Waals surface area contributed by atoms with Crippen LogP contribution >= 0.6 is 0 Å². The van der Waals surface area contributed by atoms with Crippen LogP contribution in [0.15, 0.2) is 48.7 Å². The fourth-order valence-corrected chi connectivity index (χ4v) is 3.09. The van der Waals surface area contributed by atoms with E-state index in [1.54, 1.807) is 30.3 Å². The lowest BCUT2D eigenvalue weighted by Gasteiger charge is -2.19. The van der Waals surface area contributed by atoms with E-state index in [1.807, 2.05) is 0 Å². The molecule has 32 heavy (non-hydrogen) atoms. The minimum absolute atomic E-state index is 0.137. The van der Waals surface area contributed by atoms with Crippen LogP contribution in [0.1, 0.15) is 17.4 Å². The summed E-state index contributed by atoms with van der Waals surface area (Å²) < 4.78 is 29.9. The second-order valence-electron chi connectivity index (χ2n) is 6.85. The number of nitrogens with zero attached hydrogens (tertiary/aromatic N) is 1. The van der Waals surface area contributed by atoms with E-state index in [1.165, 1.54) is 19.1 Å². The molecule has 164 valence electrons. The summed E-state index contributed by atoms with van der Waals surface area (Å²) in [6.07, 6.45) is -0.399. The van der Waals surface area contributed by atoms with Gasteiger partial charge in [0.2, 0.25) is 0 Å². The predicted octanol–water partition coefficient (Wildman–Crippen LogP) is 3.04. The highest BCUT2D eigenvalue weighted by atomic mass is 19.1. The fourth-order valence-electron chi connectivity index (χ4n) is 3.09. The van der Waals surface area contributed by atoms with Crippen molar-refractivity contribution in [3.05, 3.63) is 60.2 Å². The molecular formula is C22H18FN3O6. The number of anilines is 1. The summed E-state index contributed by atoms with van der Waals surface area (Å²) in [6.45, 7) is 2.13. The SMILES string of the molecule is CC(OC(=O)c1ncc(F)c2ccccc12)C(=O)NC(=O)Nc1ccc2c(c1)OCCO2. The second kappa shape index (κ2) is 8.88. The Balaban J connectivity index is 1.37. The lowest BCUT2D eigenvalue weighted by Crippen LogP contribution is -2.41. The third-order valence-electron chi connectivity index (χ3n) is 4.63. The number of halogens is 1.